The van der Waals surface area contributed by atoms with E-state index in [1.807, 2.05) is 12.8 Å². The summed E-state index contributed by atoms with van der Waals surface area (Å²) < 4.78 is 156. The molecular weight excluding hydrogens is 549 g/mol. The number of aryl methyl sites for hydroxylation is 1. The van der Waals surface area contributed by atoms with E-state index in [4.69, 9.17) is 0 Å². The van der Waals surface area contributed by atoms with Crippen LogP contribution in [0.5, 0.6) is 5.75 Å². The fourth-order valence-corrected chi connectivity index (χ4v) is 3.61. The van der Waals surface area contributed by atoms with Crippen molar-refractivity contribution in [2.45, 2.75) is 44.9 Å². The summed E-state index contributed by atoms with van der Waals surface area (Å²) in [6.07, 6.45) is -7.60. The first kappa shape index (κ1) is 29.8. The number of rotatable bonds is 7. The van der Waals surface area contributed by atoms with Crippen molar-refractivity contribution in [2.24, 2.45) is 0 Å². The molecule has 0 saturated heterocycles. The number of hydrogen-bond donors (Lipinski definition) is 0. The molecule has 208 valence electrons. The molecule has 0 atom stereocenters. The van der Waals surface area contributed by atoms with Crippen LogP contribution in [0.3, 0.4) is 0 Å². The van der Waals surface area contributed by atoms with Crippen molar-refractivity contribution >= 4 is 0 Å². The van der Waals surface area contributed by atoms with Gasteiger partial charge in [-0.2, -0.15) is 22.0 Å². The van der Waals surface area contributed by atoms with E-state index in [1.54, 1.807) is 0 Å². The van der Waals surface area contributed by atoms with Crippen molar-refractivity contribution in [1.29, 1.82) is 0 Å². The zero-order chi connectivity index (χ0) is 29.1. The molecule has 0 aliphatic carbocycles. The molecule has 3 aromatic carbocycles. The number of halogens is 11. The van der Waals surface area contributed by atoms with Gasteiger partial charge in [-0.05, 0) is 42.7 Å². The Hall–Kier alpha value is -3.75. The van der Waals surface area contributed by atoms with Gasteiger partial charge in [0.25, 0.3) is 0 Å². The fraction of sp³-hybridized carbons (Fsp3) is 0.259. The van der Waals surface area contributed by atoms with E-state index in [1.165, 1.54) is 0 Å². The molecular formula is C27H17F11O. The second-order valence-electron chi connectivity index (χ2n) is 8.33. The van der Waals surface area contributed by atoms with E-state index in [0.29, 0.717) is 18.4 Å². The highest BCUT2D eigenvalue weighted by molar-refractivity contribution is 5.46. The Balaban J connectivity index is 1.89. The van der Waals surface area contributed by atoms with Gasteiger partial charge in [-0.15, -0.1) is 0 Å². The second-order valence-corrected chi connectivity index (χ2v) is 8.33. The van der Waals surface area contributed by atoms with Gasteiger partial charge in [0.05, 0.1) is 5.56 Å². The van der Waals surface area contributed by atoms with Crippen molar-refractivity contribution in [3.8, 4) is 17.6 Å². The highest BCUT2D eigenvalue weighted by Gasteiger charge is 2.43. The predicted octanol–water partition coefficient (Wildman–Crippen LogP) is 8.80. The van der Waals surface area contributed by atoms with Crippen LogP contribution in [0.25, 0.3) is 0 Å². The summed E-state index contributed by atoms with van der Waals surface area (Å²) in [5.41, 5.74) is -5.39. The van der Waals surface area contributed by atoms with Gasteiger partial charge in [-0.3, -0.25) is 0 Å². The van der Waals surface area contributed by atoms with E-state index in [9.17, 15) is 48.3 Å². The lowest BCUT2D eigenvalue weighted by Crippen LogP contribution is -2.25. The first-order valence-corrected chi connectivity index (χ1v) is 11.3. The number of alkyl halides is 5. The Bertz CT molecular complexity index is 1360. The summed E-state index contributed by atoms with van der Waals surface area (Å²) in [7, 11) is 0. The highest BCUT2D eigenvalue weighted by Crippen LogP contribution is 2.39. The smallest absolute Gasteiger partial charge is 0.429 e. The number of ether oxygens (including phenoxy) is 1. The van der Waals surface area contributed by atoms with E-state index in [2.05, 4.69) is 10.7 Å². The largest absolute Gasteiger partial charge is 0.432 e. The SMILES string of the molecule is CCCCCc1cc(F)c(C#Cc2cc(F)c(C(F)(F)Oc3cc(F)c(C(F)(F)F)c(F)c3)c(F)c2)c(F)c1. The van der Waals surface area contributed by atoms with Crippen molar-refractivity contribution in [3.05, 3.63) is 99.1 Å². The first-order chi connectivity index (χ1) is 18.1. The Morgan fingerprint density at radius 1 is 0.641 bits per heavy atom. The molecule has 0 N–H and O–H groups in total. The van der Waals surface area contributed by atoms with Gasteiger partial charge in [0, 0.05) is 17.7 Å². The Kier molecular flexibility index (Phi) is 8.83. The van der Waals surface area contributed by atoms with E-state index >= 15 is 0 Å². The summed E-state index contributed by atoms with van der Waals surface area (Å²) in [5, 5.41) is 0. The Morgan fingerprint density at radius 2 is 1.15 bits per heavy atom. The minimum Gasteiger partial charge on any atom is -0.429 e. The number of benzene rings is 3. The van der Waals surface area contributed by atoms with E-state index in [-0.39, 0.29) is 24.3 Å². The maximum absolute atomic E-state index is 14.5. The maximum atomic E-state index is 14.5. The monoisotopic (exact) mass is 566 g/mol. The van der Waals surface area contributed by atoms with Gasteiger partial charge >= 0.3 is 12.3 Å². The Morgan fingerprint density at radius 3 is 1.64 bits per heavy atom. The standard InChI is InChI=1S/C27H17F11O/c1-2-3-4-5-14-8-18(28)17(19(29)9-14)7-6-15-10-20(30)25(21(31)11-15)27(37,38)39-16-12-22(32)24(23(33)13-16)26(34,35)36/h8-13H,2-5H2,1H3. The van der Waals surface area contributed by atoms with Crippen LogP contribution in [0.1, 0.15) is 54.0 Å². The van der Waals surface area contributed by atoms with Gasteiger partial charge in [-0.1, -0.05) is 31.6 Å². The van der Waals surface area contributed by atoms with Crippen LogP contribution >= 0.6 is 0 Å². The van der Waals surface area contributed by atoms with Crippen molar-refractivity contribution in [2.75, 3.05) is 0 Å². The molecule has 0 saturated carbocycles. The zero-order valence-electron chi connectivity index (χ0n) is 19.9. The molecule has 0 aliphatic heterocycles. The van der Waals surface area contributed by atoms with Crippen LogP contribution in [0.4, 0.5) is 48.3 Å². The van der Waals surface area contributed by atoms with Crippen molar-refractivity contribution in [3.63, 3.8) is 0 Å². The van der Waals surface area contributed by atoms with Gasteiger partial charge in [0.1, 0.15) is 51.8 Å². The Labute approximate surface area is 215 Å². The molecule has 0 heterocycles. The van der Waals surface area contributed by atoms with Gasteiger partial charge in [0.2, 0.25) is 0 Å². The van der Waals surface area contributed by atoms with Crippen LogP contribution in [0.2, 0.25) is 0 Å². The third kappa shape index (κ3) is 7.02. The molecule has 0 fully saturated rings. The maximum Gasteiger partial charge on any atom is 0.432 e. The quantitative estimate of drug-likeness (QED) is 0.158. The molecule has 0 radical (unpaired) electrons. The van der Waals surface area contributed by atoms with Gasteiger partial charge < -0.3 is 4.74 Å². The minimum absolute atomic E-state index is 0.229. The number of hydrogen-bond acceptors (Lipinski definition) is 1. The van der Waals surface area contributed by atoms with Crippen LogP contribution in [0, 0.1) is 46.7 Å². The first-order valence-electron chi connectivity index (χ1n) is 11.3. The fourth-order valence-electron chi connectivity index (χ4n) is 3.61. The molecule has 0 bridgehead atoms. The summed E-state index contributed by atoms with van der Waals surface area (Å²) in [5.74, 6) is -8.00. The lowest BCUT2D eigenvalue weighted by atomic mass is 10.0. The molecule has 3 aromatic rings. The lowest BCUT2D eigenvalue weighted by Gasteiger charge is -2.20. The number of unbranched alkanes of at least 4 members (excludes halogenated alkanes) is 2. The van der Waals surface area contributed by atoms with Crippen LogP contribution < -0.4 is 4.74 Å². The summed E-state index contributed by atoms with van der Waals surface area (Å²) >= 11 is 0. The average Bonchev–Trinajstić information content (AvgIpc) is 2.76. The highest BCUT2D eigenvalue weighted by atomic mass is 19.4. The molecule has 3 rings (SSSR count). The van der Waals surface area contributed by atoms with Crippen LogP contribution in [0.15, 0.2) is 36.4 Å². The molecule has 39 heavy (non-hydrogen) atoms. The summed E-state index contributed by atoms with van der Waals surface area (Å²) in [4.78, 5) is 0. The van der Waals surface area contributed by atoms with Crippen molar-refractivity contribution < 1.29 is 53.0 Å². The van der Waals surface area contributed by atoms with Crippen molar-refractivity contribution in [1.82, 2.24) is 0 Å². The predicted molar refractivity (Wildman–Crippen MR) is 118 cm³/mol. The van der Waals surface area contributed by atoms with Gasteiger partial charge in [0.15, 0.2) is 0 Å². The third-order valence-electron chi connectivity index (χ3n) is 5.38. The molecule has 0 aliphatic rings. The molecule has 0 unspecified atom stereocenters. The van der Waals surface area contributed by atoms with E-state index in [0.717, 1.165) is 25.0 Å². The van der Waals surface area contributed by atoms with E-state index < -0.39 is 75.2 Å². The lowest BCUT2D eigenvalue weighted by molar-refractivity contribution is -0.189. The molecule has 12 heteroatoms. The van der Waals surface area contributed by atoms with Crippen LogP contribution in [-0.2, 0) is 18.7 Å². The second kappa shape index (κ2) is 11.6. The molecule has 0 amide bonds. The topological polar surface area (TPSA) is 9.23 Å². The van der Waals surface area contributed by atoms with Gasteiger partial charge in [-0.25, -0.2) is 26.3 Å². The molecule has 1 nitrogen and oxygen atoms in total. The average molecular weight is 566 g/mol. The zero-order valence-corrected chi connectivity index (χ0v) is 19.9. The molecule has 0 aromatic heterocycles. The normalized spacial score (nSPS) is 11.8. The molecule has 0 spiro atoms. The minimum atomic E-state index is -5.49. The summed E-state index contributed by atoms with van der Waals surface area (Å²) in [6.45, 7) is 1.95. The summed E-state index contributed by atoms with van der Waals surface area (Å²) in [6, 6.07) is 2.22. The van der Waals surface area contributed by atoms with Crippen LogP contribution in [-0.4, -0.2) is 0 Å². The third-order valence-corrected chi connectivity index (χ3v) is 5.38.